The van der Waals surface area contributed by atoms with Gasteiger partial charge in [-0.05, 0) is 30.4 Å². The maximum Gasteiger partial charge on any atom is 0.262 e. The van der Waals surface area contributed by atoms with Crippen molar-refractivity contribution in [3.8, 4) is 0 Å². The first-order valence-corrected chi connectivity index (χ1v) is 10.4. The molecular formula is C20H17N3OS2. The minimum Gasteiger partial charge on any atom is -0.293 e. The van der Waals surface area contributed by atoms with Crippen molar-refractivity contribution in [3.05, 3.63) is 79.1 Å². The SMILES string of the molecule is O=c1c2c3c(sc2ncn1Cc1csc(Cc2ccccc2)n1)CCC3. The van der Waals surface area contributed by atoms with Crippen LogP contribution in [0.25, 0.3) is 10.2 Å². The van der Waals surface area contributed by atoms with Crippen LogP contribution in [-0.4, -0.2) is 14.5 Å². The summed E-state index contributed by atoms with van der Waals surface area (Å²) in [6.07, 6.45) is 5.75. The van der Waals surface area contributed by atoms with Gasteiger partial charge in [0, 0.05) is 16.7 Å². The van der Waals surface area contributed by atoms with Gasteiger partial charge in [-0.3, -0.25) is 9.36 Å². The summed E-state index contributed by atoms with van der Waals surface area (Å²) in [5.41, 5.74) is 3.49. The highest BCUT2D eigenvalue weighted by Crippen LogP contribution is 2.34. The van der Waals surface area contributed by atoms with Crippen molar-refractivity contribution in [2.45, 2.75) is 32.2 Å². The second-order valence-corrected chi connectivity index (χ2v) is 8.64. The molecule has 0 saturated carbocycles. The lowest BCUT2D eigenvalue weighted by Crippen LogP contribution is -2.21. The van der Waals surface area contributed by atoms with E-state index in [2.05, 4.69) is 17.1 Å². The summed E-state index contributed by atoms with van der Waals surface area (Å²) >= 11 is 3.33. The fourth-order valence-corrected chi connectivity index (χ4v) is 5.62. The summed E-state index contributed by atoms with van der Waals surface area (Å²) in [6, 6.07) is 10.3. The van der Waals surface area contributed by atoms with Crippen molar-refractivity contribution in [2.75, 3.05) is 0 Å². The van der Waals surface area contributed by atoms with Gasteiger partial charge >= 0.3 is 0 Å². The molecule has 1 aromatic carbocycles. The molecule has 0 bridgehead atoms. The molecule has 4 nitrogen and oxygen atoms in total. The third kappa shape index (κ3) is 2.79. The Morgan fingerprint density at radius 3 is 2.92 bits per heavy atom. The predicted molar refractivity (Wildman–Crippen MR) is 106 cm³/mol. The van der Waals surface area contributed by atoms with Crippen LogP contribution in [0.4, 0.5) is 0 Å². The van der Waals surface area contributed by atoms with Gasteiger partial charge in [0.2, 0.25) is 0 Å². The number of thiophene rings is 1. The second-order valence-electron chi connectivity index (χ2n) is 6.61. The zero-order chi connectivity index (χ0) is 17.5. The molecule has 3 heterocycles. The number of rotatable bonds is 4. The van der Waals surface area contributed by atoms with E-state index in [0.717, 1.165) is 46.6 Å². The number of aryl methyl sites for hydroxylation is 2. The molecule has 26 heavy (non-hydrogen) atoms. The van der Waals surface area contributed by atoms with Crippen LogP contribution in [0, 0.1) is 0 Å². The highest BCUT2D eigenvalue weighted by molar-refractivity contribution is 7.18. The maximum absolute atomic E-state index is 13.0. The summed E-state index contributed by atoms with van der Waals surface area (Å²) < 4.78 is 1.70. The van der Waals surface area contributed by atoms with Crippen molar-refractivity contribution in [1.82, 2.24) is 14.5 Å². The Labute approximate surface area is 158 Å². The van der Waals surface area contributed by atoms with Crippen LogP contribution >= 0.6 is 22.7 Å². The van der Waals surface area contributed by atoms with Crippen molar-refractivity contribution in [3.63, 3.8) is 0 Å². The normalized spacial score (nSPS) is 13.4. The highest BCUT2D eigenvalue weighted by atomic mass is 32.1. The van der Waals surface area contributed by atoms with Gasteiger partial charge in [-0.2, -0.15) is 0 Å². The van der Waals surface area contributed by atoms with E-state index in [1.807, 2.05) is 23.6 Å². The number of fused-ring (bicyclic) bond motifs is 3. The molecule has 1 aliphatic carbocycles. The predicted octanol–water partition coefficient (Wildman–Crippen LogP) is 4.04. The number of benzene rings is 1. The van der Waals surface area contributed by atoms with Gasteiger partial charge in [0.25, 0.3) is 5.56 Å². The van der Waals surface area contributed by atoms with Crippen molar-refractivity contribution >= 4 is 32.9 Å². The van der Waals surface area contributed by atoms with Crippen molar-refractivity contribution in [2.24, 2.45) is 0 Å². The molecule has 5 rings (SSSR count). The molecule has 6 heteroatoms. The van der Waals surface area contributed by atoms with Gasteiger partial charge in [-0.25, -0.2) is 9.97 Å². The first-order valence-electron chi connectivity index (χ1n) is 8.75. The van der Waals surface area contributed by atoms with E-state index in [9.17, 15) is 4.79 Å². The molecular weight excluding hydrogens is 362 g/mol. The Hall–Kier alpha value is -2.31. The zero-order valence-corrected chi connectivity index (χ0v) is 15.8. The fraction of sp³-hybridized carbons (Fsp3) is 0.250. The third-order valence-electron chi connectivity index (χ3n) is 4.82. The molecule has 130 valence electrons. The molecule has 0 saturated heterocycles. The lowest BCUT2D eigenvalue weighted by molar-refractivity contribution is 0.731. The lowest BCUT2D eigenvalue weighted by atomic mass is 10.2. The monoisotopic (exact) mass is 379 g/mol. The lowest BCUT2D eigenvalue weighted by Gasteiger charge is -2.03. The molecule has 0 amide bonds. The van der Waals surface area contributed by atoms with Gasteiger partial charge in [0.05, 0.1) is 29.0 Å². The Balaban J connectivity index is 1.43. The number of thiazole rings is 1. The second kappa shape index (κ2) is 6.45. The van der Waals surface area contributed by atoms with Crippen molar-refractivity contribution < 1.29 is 0 Å². The molecule has 0 fully saturated rings. The van der Waals surface area contributed by atoms with E-state index in [-0.39, 0.29) is 5.56 Å². The van der Waals surface area contributed by atoms with E-state index in [1.54, 1.807) is 33.6 Å². The topological polar surface area (TPSA) is 47.8 Å². The van der Waals surface area contributed by atoms with Crippen LogP contribution < -0.4 is 5.56 Å². The van der Waals surface area contributed by atoms with Gasteiger partial charge in [0.15, 0.2) is 0 Å². The fourth-order valence-electron chi connectivity index (χ4n) is 3.58. The molecule has 0 aliphatic heterocycles. The van der Waals surface area contributed by atoms with Crippen molar-refractivity contribution in [1.29, 1.82) is 0 Å². The molecule has 0 spiro atoms. The molecule has 0 radical (unpaired) electrons. The summed E-state index contributed by atoms with van der Waals surface area (Å²) in [6.45, 7) is 0.484. The standard InChI is InChI=1S/C20H17N3OS2/c24-20-18-15-7-4-8-16(15)26-19(18)21-12-23(20)10-14-11-25-17(22-14)9-13-5-2-1-3-6-13/h1-3,5-6,11-12H,4,7-10H2. The number of nitrogens with zero attached hydrogens (tertiary/aromatic N) is 3. The Bertz CT molecular complexity index is 1140. The van der Waals surface area contributed by atoms with E-state index in [4.69, 9.17) is 4.98 Å². The average Bonchev–Trinajstić information content (AvgIpc) is 3.34. The first kappa shape index (κ1) is 15.9. The van der Waals surface area contributed by atoms with E-state index >= 15 is 0 Å². The smallest absolute Gasteiger partial charge is 0.262 e. The van der Waals surface area contributed by atoms with E-state index in [1.165, 1.54) is 16.0 Å². The number of aromatic nitrogens is 3. The third-order valence-corrected chi connectivity index (χ3v) is 6.92. The minimum absolute atomic E-state index is 0.0759. The zero-order valence-electron chi connectivity index (χ0n) is 14.1. The Morgan fingerprint density at radius 1 is 1.15 bits per heavy atom. The molecule has 0 atom stereocenters. The Morgan fingerprint density at radius 2 is 2.04 bits per heavy atom. The Kier molecular flexibility index (Phi) is 3.94. The summed E-state index contributed by atoms with van der Waals surface area (Å²) in [5, 5.41) is 3.96. The summed E-state index contributed by atoms with van der Waals surface area (Å²) in [4.78, 5) is 24.4. The average molecular weight is 380 g/mol. The highest BCUT2D eigenvalue weighted by Gasteiger charge is 2.21. The quantitative estimate of drug-likeness (QED) is 0.538. The van der Waals surface area contributed by atoms with Crippen LogP contribution in [0.3, 0.4) is 0 Å². The molecule has 3 aromatic heterocycles. The maximum atomic E-state index is 13.0. The summed E-state index contributed by atoms with van der Waals surface area (Å²) in [5.74, 6) is 0. The van der Waals surface area contributed by atoms with Gasteiger partial charge in [-0.15, -0.1) is 22.7 Å². The van der Waals surface area contributed by atoms with E-state index in [0.29, 0.717) is 6.54 Å². The van der Waals surface area contributed by atoms with Crippen LogP contribution in [0.2, 0.25) is 0 Å². The van der Waals surface area contributed by atoms with Crippen LogP contribution in [0.1, 0.15) is 33.1 Å². The minimum atomic E-state index is 0.0759. The van der Waals surface area contributed by atoms with Crippen LogP contribution in [0.5, 0.6) is 0 Å². The van der Waals surface area contributed by atoms with Crippen LogP contribution in [0.15, 0.2) is 46.8 Å². The number of hydrogen-bond donors (Lipinski definition) is 0. The summed E-state index contributed by atoms with van der Waals surface area (Å²) in [7, 11) is 0. The van der Waals surface area contributed by atoms with Gasteiger partial charge in [0.1, 0.15) is 4.83 Å². The van der Waals surface area contributed by atoms with Gasteiger partial charge < -0.3 is 0 Å². The van der Waals surface area contributed by atoms with E-state index < -0.39 is 0 Å². The van der Waals surface area contributed by atoms with Crippen LogP contribution in [-0.2, 0) is 25.8 Å². The largest absolute Gasteiger partial charge is 0.293 e. The molecule has 4 aromatic rings. The number of hydrogen-bond acceptors (Lipinski definition) is 5. The van der Waals surface area contributed by atoms with Gasteiger partial charge in [-0.1, -0.05) is 30.3 Å². The molecule has 0 N–H and O–H groups in total. The molecule has 1 aliphatic rings. The molecule has 0 unspecified atom stereocenters. The first-order chi connectivity index (χ1) is 12.8.